The molecular weight excluding hydrogens is 243 g/mol. The second-order valence-corrected chi connectivity index (χ2v) is 5.50. The maximum atomic E-state index is 13.5. The lowest BCUT2D eigenvalue weighted by Gasteiger charge is -2.07. The predicted molar refractivity (Wildman–Crippen MR) is 78.2 cm³/mol. The molecule has 0 rings (SSSR count). The molecule has 1 atom stereocenters. The summed E-state index contributed by atoms with van der Waals surface area (Å²) in [4.78, 5) is 10.3. The van der Waals surface area contributed by atoms with Crippen LogP contribution in [0.2, 0.25) is 0 Å². The number of alkyl halides is 1. The molecule has 0 saturated carbocycles. The molecule has 0 spiro atoms. The molecule has 0 amide bonds. The number of unbranched alkanes of at least 4 members (excludes halogenated alkanes) is 8. The quantitative estimate of drug-likeness (QED) is 0.425. The minimum atomic E-state index is -0.750. The summed E-state index contributed by atoms with van der Waals surface area (Å²) in [6.07, 6.45) is 11.8. The number of halogens is 1. The zero-order chi connectivity index (χ0) is 14.3. The molecule has 0 fully saturated rings. The number of carbonyl (C=O) groups is 1. The van der Waals surface area contributed by atoms with Crippen molar-refractivity contribution in [3.05, 3.63) is 0 Å². The first-order valence-corrected chi connectivity index (χ1v) is 8.02. The maximum Gasteiger partial charge on any atom is 0.303 e. The molecule has 2 nitrogen and oxygen atoms in total. The Morgan fingerprint density at radius 2 is 1.37 bits per heavy atom. The smallest absolute Gasteiger partial charge is 0.303 e. The van der Waals surface area contributed by atoms with Crippen molar-refractivity contribution in [3.63, 3.8) is 0 Å². The van der Waals surface area contributed by atoms with Crippen molar-refractivity contribution < 1.29 is 14.3 Å². The van der Waals surface area contributed by atoms with Crippen molar-refractivity contribution in [2.75, 3.05) is 0 Å². The molecule has 0 aromatic carbocycles. The van der Waals surface area contributed by atoms with Gasteiger partial charge in [0.25, 0.3) is 0 Å². The van der Waals surface area contributed by atoms with Crippen LogP contribution in [0, 0.1) is 0 Å². The molecule has 0 aliphatic heterocycles. The fraction of sp³-hybridized carbons (Fsp3) is 0.938. The average molecular weight is 274 g/mol. The molecule has 0 aromatic heterocycles. The van der Waals surface area contributed by atoms with E-state index in [2.05, 4.69) is 6.92 Å². The first kappa shape index (κ1) is 18.4. The summed E-state index contributed by atoms with van der Waals surface area (Å²) in [7, 11) is 0. The minimum Gasteiger partial charge on any atom is -0.481 e. The zero-order valence-electron chi connectivity index (χ0n) is 12.5. The van der Waals surface area contributed by atoms with E-state index < -0.39 is 12.1 Å². The molecule has 1 N–H and O–H groups in total. The van der Waals surface area contributed by atoms with Gasteiger partial charge in [0.15, 0.2) is 0 Å². The fourth-order valence-corrected chi connectivity index (χ4v) is 2.29. The van der Waals surface area contributed by atoms with Crippen LogP contribution in [-0.4, -0.2) is 17.2 Å². The van der Waals surface area contributed by atoms with Gasteiger partial charge in [0, 0.05) is 6.42 Å². The van der Waals surface area contributed by atoms with E-state index in [0.29, 0.717) is 19.3 Å². The van der Waals surface area contributed by atoms with E-state index in [1.807, 2.05) is 0 Å². The van der Waals surface area contributed by atoms with Crippen LogP contribution in [0.4, 0.5) is 4.39 Å². The summed E-state index contributed by atoms with van der Waals surface area (Å²) >= 11 is 0. The zero-order valence-corrected chi connectivity index (χ0v) is 12.5. The van der Waals surface area contributed by atoms with Crippen molar-refractivity contribution in [1.29, 1.82) is 0 Å². The Labute approximate surface area is 117 Å². The Hall–Kier alpha value is -0.600. The van der Waals surface area contributed by atoms with Crippen molar-refractivity contribution >= 4 is 5.97 Å². The minimum absolute atomic E-state index is 0.217. The lowest BCUT2D eigenvalue weighted by molar-refractivity contribution is -0.137. The summed E-state index contributed by atoms with van der Waals surface area (Å²) in [5, 5.41) is 8.47. The molecule has 0 bridgehead atoms. The van der Waals surface area contributed by atoms with Crippen LogP contribution in [0.15, 0.2) is 0 Å². The van der Waals surface area contributed by atoms with Gasteiger partial charge in [-0.1, -0.05) is 64.7 Å². The number of hydrogen-bond acceptors (Lipinski definition) is 1. The van der Waals surface area contributed by atoms with Crippen LogP contribution in [0.3, 0.4) is 0 Å². The molecular formula is C16H31FO2. The highest BCUT2D eigenvalue weighted by Crippen LogP contribution is 2.15. The summed E-state index contributed by atoms with van der Waals surface area (Å²) < 4.78 is 13.5. The van der Waals surface area contributed by atoms with Gasteiger partial charge in [-0.3, -0.25) is 4.79 Å². The normalized spacial score (nSPS) is 12.5. The van der Waals surface area contributed by atoms with E-state index in [4.69, 9.17) is 5.11 Å². The van der Waals surface area contributed by atoms with E-state index in [0.717, 1.165) is 25.7 Å². The third kappa shape index (κ3) is 15.3. The Balaban J connectivity index is 3.16. The number of carboxylic acid groups (broad SMARTS) is 1. The Bertz CT molecular complexity index is 207. The van der Waals surface area contributed by atoms with Crippen LogP contribution in [0.1, 0.15) is 90.4 Å². The van der Waals surface area contributed by atoms with Gasteiger partial charge in [-0.05, 0) is 19.3 Å². The molecule has 0 aliphatic rings. The first-order valence-electron chi connectivity index (χ1n) is 8.02. The molecule has 0 radical (unpaired) electrons. The molecule has 0 heterocycles. The molecule has 0 aromatic rings. The van der Waals surface area contributed by atoms with Gasteiger partial charge in [0.2, 0.25) is 0 Å². The van der Waals surface area contributed by atoms with E-state index in [1.54, 1.807) is 0 Å². The lowest BCUT2D eigenvalue weighted by atomic mass is 10.0. The second-order valence-electron chi connectivity index (χ2n) is 5.50. The van der Waals surface area contributed by atoms with Crippen LogP contribution < -0.4 is 0 Å². The topological polar surface area (TPSA) is 37.3 Å². The summed E-state index contributed by atoms with van der Waals surface area (Å²) in [6, 6.07) is 0. The monoisotopic (exact) mass is 274 g/mol. The molecule has 0 saturated heterocycles. The standard InChI is InChI=1S/C16H31FO2/c1-2-3-4-5-6-7-9-12-15(17)13-10-8-11-14-16(18)19/h15H,2-14H2,1H3,(H,18,19)/t15-/m0/s1. The van der Waals surface area contributed by atoms with Gasteiger partial charge in [0.1, 0.15) is 6.17 Å². The molecule has 114 valence electrons. The van der Waals surface area contributed by atoms with Gasteiger partial charge in [-0.15, -0.1) is 0 Å². The predicted octanol–water partition coefficient (Wildman–Crippen LogP) is 5.50. The number of carboxylic acids is 1. The number of rotatable bonds is 14. The third-order valence-corrected chi connectivity index (χ3v) is 3.53. The fourth-order valence-electron chi connectivity index (χ4n) is 2.29. The number of aliphatic carboxylic acids is 1. The van der Waals surface area contributed by atoms with Gasteiger partial charge < -0.3 is 5.11 Å². The van der Waals surface area contributed by atoms with E-state index >= 15 is 0 Å². The summed E-state index contributed by atoms with van der Waals surface area (Å²) in [5.41, 5.74) is 0. The van der Waals surface area contributed by atoms with Crippen molar-refractivity contribution in [1.82, 2.24) is 0 Å². The summed E-state index contributed by atoms with van der Waals surface area (Å²) in [5.74, 6) is -0.750. The van der Waals surface area contributed by atoms with Gasteiger partial charge in [-0.25, -0.2) is 4.39 Å². The van der Waals surface area contributed by atoms with Crippen molar-refractivity contribution in [3.8, 4) is 0 Å². The van der Waals surface area contributed by atoms with E-state index in [9.17, 15) is 9.18 Å². The van der Waals surface area contributed by atoms with Crippen LogP contribution in [0.25, 0.3) is 0 Å². The molecule has 19 heavy (non-hydrogen) atoms. The number of hydrogen-bond donors (Lipinski definition) is 1. The van der Waals surface area contributed by atoms with Crippen molar-refractivity contribution in [2.45, 2.75) is 96.6 Å². The van der Waals surface area contributed by atoms with E-state index in [-0.39, 0.29) is 6.42 Å². The highest BCUT2D eigenvalue weighted by Gasteiger charge is 2.06. The first-order chi connectivity index (χ1) is 9.16. The molecule has 0 unspecified atom stereocenters. The largest absolute Gasteiger partial charge is 0.481 e. The molecule has 0 aliphatic carbocycles. The van der Waals surface area contributed by atoms with Gasteiger partial charge >= 0.3 is 5.97 Å². The SMILES string of the molecule is CCCCCCCCC[C@H](F)CCCCCC(=O)O. The van der Waals surface area contributed by atoms with Gasteiger partial charge in [-0.2, -0.15) is 0 Å². The lowest BCUT2D eigenvalue weighted by Crippen LogP contribution is -2.00. The molecule has 3 heteroatoms. The Morgan fingerprint density at radius 1 is 0.895 bits per heavy atom. The highest BCUT2D eigenvalue weighted by atomic mass is 19.1. The van der Waals surface area contributed by atoms with Gasteiger partial charge in [0.05, 0.1) is 0 Å². The third-order valence-electron chi connectivity index (χ3n) is 3.53. The second kappa shape index (κ2) is 13.8. The highest BCUT2D eigenvalue weighted by molar-refractivity contribution is 5.66. The summed E-state index contributed by atoms with van der Waals surface area (Å²) in [6.45, 7) is 2.21. The average Bonchev–Trinajstić information content (AvgIpc) is 2.37. The van der Waals surface area contributed by atoms with Crippen LogP contribution >= 0.6 is 0 Å². The van der Waals surface area contributed by atoms with E-state index in [1.165, 1.54) is 32.1 Å². The maximum absolute atomic E-state index is 13.5. The Kier molecular flexibility index (Phi) is 13.4. The Morgan fingerprint density at radius 3 is 1.89 bits per heavy atom. The van der Waals surface area contributed by atoms with Crippen LogP contribution in [0.5, 0.6) is 0 Å². The van der Waals surface area contributed by atoms with Crippen LogP contribution in [-0.2, 0) is 4.79 Å². The van der Waals surface area contributed by atoms with Crippen molar-refractivity contribution in [2.24, 2.45) is 0 Å².